The molecule has 1 aromatic heterocycles. The number of amides is 1. The van der Waals surface area contributed by atoms with Crippen molar-refractivity contribution in [2.45, 2.75) is 46.5 Å². The number of aromatic hydroxyl groups is 1. The second-order valence-corrected chi connectivity index (χ2v) is 8.19. The molecule has 26 heavy (non-hydrogen) atoms. The van der Waals surface area contributed by atoms with Gasteiger partial charge in [0.2, 0.25) is 0 Å². The molecule has 3 rings (SSSR count). The van der Waals surface area contributed by atoms with Crippen molar-refractivity contribution in [2.75, 3.05) is 0 Å². The van der Waals surface area contributed by atoms with Gasteiger partial charge >= 0.3 is 0 Å². The highest BCUT2D eigenvalue weighted by Gasteiger charge is 2.28. The largest absolute Gasteiger partial charge is 0.508 e. The minimum absolute atomic E-state index is 0.194. The maximum absolute atomic E-state index is 12.5. The summed E-state index contributed by atoms with van der Waals surface area (Å²) in [7, 11) is 0. The van der Waals surface area contributed by atoms with Crippen LogP contribution in [0.1, 0.15) is 60.9 Å². The van der Waals surface area contributed by atoms with Crippen molar-refractivity contribution in [3.05, 3.63) is 46.8 Å². The summed E-state index contributed by atoms with van der Waals surface area (Å²) >= 11 is 0. The number of carbonyl (C=O) groups is 1. The molecule has 0 radical (unpaired) electrons. The van der Waals surface area contributed by atoms with Crippen LogP contribution in [0.15, 0.2) is 29.4 Å². The number of phenols is 1. The Morgan fingerprint density at radius 2 is 2.12 bits per heavy atom. The number of nitrogens with one attached hydrogen (secondary N) is 2. The third kappa shape index (κ3) is 4.50. The molecule has 6 heteroatoms. The number of aryl methyl sites for hydroxylation is 1. The van der Waals surface area contributed by atoms with Crippen molar-refractivity contribution in [1.29, 1.82) is 0 Å². The summed E-state index contributed by atoms with van der Waals surface area (Å²) in [4.78, 5) is 12.5. The Bertz CT molecular complexity index is 800. The second kappa shape index (κ2) is 7.32. The summed E-state index contributed by atoms with van der Waals surface area (Å²) in [6.07, 6.45) is 5.63. The molecule has 1 unspecified atom stereocenters. The van der Waals surface area contributed by atoms with E-state index in [0.717, 1.165) is 42.5 Å². The van der Waals surface area contributed by atoms with Gasteiger partial charge in [0, 0.05) is 11.3 Å². The van der Waals surface area contributed by atoms with Crippen molar-refractivity contribution < 1.29 is 9.90 Å². The molecule has 0 saturated carbocycles. The second-order valence-electron chi connectivity index (χ2n) is 8.19. The van der Waals surface area contributed by atoms with Gasteiger partial charge in [0.25, 0.3) is 5.91 Å². The summed E-state index contributed by atoms with van der Waals surface area (Å²) in [6.45, 7) is 6.76. The molecule has 1 aromatic carbocycles. The fourth-order valence-corrected chi connectivity index (χ4v) is 3.57. The first kappa shape index (κ1) is 18.2. The van der Waals surface area contributed by atoms with Crippen molar-refractivity contribution in [3.8, 4) is 5.75 Å². The molecule has 0 bridgehead atoms. The number of aromatic nitrogens is 2. The Morgan fingerprint density at radius 1 is 1.38 bits per heavy atom. The SMILES string of the molecule is CC(C)(C)CC1CCc2[nH]nc(C(=O)NN=Cc3ccc(O)cc3)c2C1. The lowest BCUT2D eigenvalue weighted by Crippen LogP contribution is -2.24. The van der Waals surface area contributed by atoms with Crippen molar-refractivity contribution >= 4 is 12.1 Å². The number of fused-ring (bicyclic) bond motifs is 1. The van der Waals surface area contributed by atoms with Crippen LogP contribution in [0.5, 0.6) is 5.75 Å². The molecule has 1 heterocycles. The quantitative estimate of drug-likeness (QED) is 0.580. The highest BCUT2D eigenvalue weighted by atomic mass is 16.3. The summed E-state index contributed by atoms with van der Waals surface area (Å²) in [5.74, 6) is 0.472. The van der Waals surface area contributed by atoms with E-state index in [1.807, 2.05) is 0 Å². The molecule has 3 N–H and O–H groups in total. The van der Waals surface area contributed by atoms with Gasteiger partial charge in [-0.1, -0.05) is 20.8 Å². The molecular formula is C20H26N4O2. The molecule has 1 aliphatic carbocycles. The van der Waals surface area contributed by atoms with Crippen LogP contribution in [0.2, 0.25) is 0 Å². The van der Waals surface area contributed by atoms with E-state index in [0.29, 0.717) is 11.6 Å². The van der Waals surface area contributed by atoms with Crippen molar-refractivity contribution in [2.24, 2.45) is 16.4 Å². The maximum Gasteiger partial charge on any atom is 0.292 e. The number of rotatable bonds is 4. The van der Waals surface area contributed by atoms with Gasteiger partial charge in [0.15, 0.2) is 5.69 Å². The zero-order valence-electron chi connectivity index (χ0n) is 15.5. The average Bonchev–Trinajstić information content (AvgIpc) is 2.98. The van der Waals surface area contributed by atoms with Crippen LogP contribution < -0.4 is 5.43 Å². The van der Waals surface area contributed by atoms with Gasteiger partial charge in [-0.2, -0.15) is 10.2 Å². The van der Waals surface area contributed by atoms with E-state index < -0.39 is 0 Å². The normalized spacial score (nSPS) is 17.3. The molecular weight excluding hydrogens is 328 g/mol. The minimum atomic E-state index is -0.297. The molecule has 0 saturated heterocycles. The smallest absolute Gasteiger partial charge is 0.292 e. The number of H-pyrrole nitrogens is 1. The molecule has 2 aromatic rings. The lowest BCUT2D eigenvalue weighted by atomic mass is 9.76. The van der Waals surface area contributed by atoms with Crippen LogP contribution >= 0.6 is 0 Å². The number of hydrogen-bond acceptors (Lipinski definition) is 4. The molecule has 0 spiro atoms. The monoisotopic (exact) mass is 354 g/mol. The Balaban J connectivity index is 1.66. The van der Waals surface area contributed by atoms with Crippen LogP contribution in [0.4, 0.5) is 0 Å². The van der Waals surface area contributed by atoms with E-state index >= 15 is 0 Å². The fraction of sp³-hybridized carbons (Fsp3) is 0.450. The summed E-state index contributed by atoms with van der Waals surface area (Å²) in [6, 6.07) is 6.59. The van der Waals surface area contributed by atoms with Crippen LogP contribution in [-0.4, -0.2) is 27.4 Å². The Hall–Kier alpha value is -2.63. The Labute approximate surface area is 153 Å². The first-order chi connectivity index (χ1) is 12.3. The van der Waals surface area contributed by atoms with E-state index in [-0.39, 0.29) is 17.1 Å². The highest BCUT2D eigenvalue weighted by molar-refractivity contribution is 5.94. The lowest BCUT2D eigenvalue weighted by Gasteiger charge is -2.28. The van der Waals surface area contributed by atoms with Gasteiger partial charge in [-0.3, -0.25) is 9.89 Å². The first-order valence-corrected chi connectivity index (χ1v) is 9.00. The van der Waals surface area contributed by atoms with Crippen LogP contribution in [0, 0.1) is 11.3 Å². The Kier molecular flexibility index (Phi) is 5.11. The van der Waals surface area contributed by atoms with Gasteiger partial charge in [0.1, 0.15) is 5.75 Å². The van der Waals surface area contributed by atoms with Gasteiger partial charge in [0.05, 0.1) is 6.21 Å². The standard InChI is InChI=1S/C20H26N4O2/c1-20(2,3)11-14-6-9-17-16(10-14)18(23-22-17)19(26)24-21-12-13-4-7-15(25)8-5-13/h4-5,7-8,12,14,25H,6,9-11H2,1-3H3,(H,22,23)(H,24,26). The van der Waals surface area contributed by atoms with Gasteiger partial charge in [-0.05, 0) is 66.8 Å². The van der Waals surface area contributed by atoms with Crippen LogP contribution in [0.25, 0.3) is 0 Å². The van der Waals surface area contributed by atoms with Gasteiger partial charge < -0.3 is 5.11 Å². The van der Waals surface area contributed by atoms with Gasteiger partial charge in [-0.25, -0.2) is 5.43 Å². The predicted molar refractivity (Wildman–Crippen MR) is 101 cm³/mol. The first-order valence-electron chi connectivity index (χ1n) is 9.00. The zero-order valence-corrected chi connectivity index (χ0v) is 15.5. The number of aromatic amines is 1. The van der Waals surface area contributed by atoms with E-state index in [1.165, 1.54) is 0 Å². The maximum atomic E-state index is 12.5. The number of benzene rings is 1. The van der Waals surface area contributed by atoms with Gasteiger partial charge in [-0.15, -0.1) is 0 Å². The number of carbonyl (C=O) groups excluding carboxylic acids is 1. The van der Waals surface area contributed by atoms with Crippen molar-refractivity contribution in [1.82, 2.24) is 15.6 Å². The number of hydrogen-bond donors (Lipinski definition) is 3. The van der Waals surface area contributed by atoms with E-state index in [4.69, 9.17) is 0 Å². The van der Waals surface area contributed by atoms with E-state index in [9.17, 15) is 9.90 Å². The summed E-state index contributed by atoms with van der Waals surface area (Å²) < 4.78 is 0. The fourth-order valence-electron chi connectivity index (χ4n) is 3.57. The van der Waals surface area contributed by atoms with Crippen LogP contribution in [0.3, 0.4) is 0 Å². The summed E-state index contributed by atoms with van der Waals surface area (Å²) in [5.41, 5.74) is 6.16. The molecule has 1 aliphatic rings. The molecule has 0 fully saturated rings. The predicted octanol–water partition coefficient (Wildman–Crippen LogP) is 3.42. The average molecular weight is 354 g/mol. The Morgan fingerprint density at radius 3 is 2.81 bits per heavy atom. The number of nitrogens with zero attached hydrogens (tertiary/aromatic N) is 2. The number of hydrazone groups is 1. The molecule has 1 amide bonds. The minimum Gasteiger partial charge on any atom is -0.508 e. The molecule has 138 valence electrons. The number of phenolic OH excluding ortho intramolecular Hbond substituents is 1. The van der Waals surface area contributed by atoms with Crippen LogP contribution in [-0.2, 0) is 12.8 Å². The molecule has 6 nitrogen and oxygen atoms in total. The zero-order chi connectivity index (χ0) is 18.7. The van der Waals surface area contributed by atoms with E-state index in [2.05, 4.69) is 41.5 Å². The lowest BCUT2D eigenvalue weighted by molar-refractivity contribution is 0.0948. The molecule has 1 atom stereocenters. The highest BCUT2D eigenvalue weighted by Crippen LogP contribution is 2.34. The summed E-state index contributed by atoms with van der Waals surface area (Å²) in [5, 5.41) is 20.5. The van der Waals surface area contributed by atoms with Crippen molar-refractivity contribution in [3.63, 3.8) is 0 Å². The van der Waals surface area contributed by atoms with E-state index in [1.54, 1.807) is 30.5 Å². The molecule has 0 aliphatic heterocycles. The third-order valence-corrected chi connectivity index (χ3v) is 4.64. The third-order valence-electron chi connectivity index (χ3n) is 4.64. The topological polar surface area (TPSA) is 90.4 Å².